The van der Waals surface area contributed by atoms with E-state index in [4.69, 9.17) is 15.2 Å². The standard InChI is InChI=1S/C14H25N3O3/c1-5-11-16-12(14(18)20-6-2)13(15)17(11)7-8-19-9-10(3)4/h10H,5-9,15H2,1-4H3. The highest BCUT2D eigenvalue weighted by molar-refractivity contribution is 5.92. The van der Waals surface area contributed by atoms with E-state index in [1.807, 2.05) is 11.5 Å². The molecule has 20 heavy (non-hydrogen) atoms. The Morgan fingerprint density at radius 3 is 2.65 bits per heavy atom. The monoisotopic (exact) mass is 283 g/mol. The van der Waals surface area contributed by atoms with Crippen LogP contribution < -0.4 is 5.73 Å². The third-order valence-corrected chi connectivity index (χ3v) is 2.78. The first-order valence-electron chi connectivity index (χ1n) is 7.10. The highest BCUT2D eigenvalue weighted by Gasteiger charge is 2.20. The van der Waals surface area contributed by atoms with Gasteiger partial charge in [-0.05, 0) is 12.8 Å². The van der Waals surface area contributed by atoms with Crippen LogP contribution in [0.3, 0.4) is 0 Å². The molecule has 0 aromatic carbocycles. The van der Waals surface area contributed by atoms with E-state index in [0.717, 1.165) is 5.82 Å². The highest BCUT2D eigenvalue weighted by Crippen LogP contribution is 2.16. The number of rotatable bonds is 8. The molecule has 0 fully saturated rings. The molecule has 114 valence electrons. The first-order chi connectivity index (χ1) is 9.51. The maximum Gasteiger partial charge on any atom is 0.360 e. The van der Waals surface area contributed by atoms with Gasteiger partial charge < -0.3 is 19.8 Å². The molecule has 6 heteroatoms. The first-order valence-corrected chi connectivity index (χ1v) is 7.10. The van der Waals surface area contributed by atoms with Crippen molar-refractivity contribution in [3.05, 3.63) is 11.5 Å². The zero-order valence-electron chi connectivity index (χ0n) is 12.8. The number of carbonyl (C=O) groups excluding carboxylic acids is 1. The van der Waals surface area contributed by atoms with Crippen molar-refractivity contribution in [1.29, 1.82) is 0 Å². The van der Waals surface area contributed by atoms with Crippen LogP contribution in [0.4, 0.5) is 5.82 Å². The summed E-state index contributed by atoms with van der Waals surface area (Å²) in [6.07, 6.45) is 0.702. The molecular weight excluding hydrogens is 258 g/mol. The number of imidazole rings is 1. The van der Waals surface area contributed by atoms with Gasteiger partial charge in [-0.2, -0.15) is 0 Å². The molecule has 0 aliphatic rings. The number of hydrogen-bond donors (Lipinski definition) is 1. The van der Waals surface area contributed by atoms with Crippen LogP contribution in [-0.2, 0) is 22.4 Å². The van der Waals surface area contributed by atoms with Crippen molar-refractivity contribution in [2.75, 3.05) is 25.6 Å². The fraction of sp³-hybridized carbons (Fsp3) is 0.714. The second kappa shape index (κ2) is 7.89. The lowest BCUT2D eigenvalue weighted by molar-refractivity contribution is 0.0521. The number of aromatic nitrogens is 2. The zero-order valence-corrected chi connectivity index (χ0v) is 12.8. The Labute approximate surface area is 120 Å². The molecule has 0 spiro atoms. The van der Waals surface area contributed by atoms with E-state index in [-0.39, 0.29) is 5.69 Å². The summed E-state index contributed by atoms with van der Waals surface area (Å²) in [5, 5.41) is 0. The average Bonchev–Trinajstić information content (AvgIpc) is 2.71. The number of aryl methyl sites for hydroxylation is 1. The summed E-state index contributed by atoms with van der Waals surface area (Å²) in [7, 11) is 0. The Hall–Kier alpha value is -1.56. The molecule has 0 saturated heterocycles. The fourth-order valence-electron chi connectivity index (χ4n) is 1.86. The van der Waals surface area contributed by atoms with E-state index in [2.05, 4.69) is 18.8 Å². The van der Waals surface area contributed by atoms with Crippen LogP contribution in [0.2, 0.25) is 0 Å². The lowest BCUT2D eigenvalue weighted by Crippen LogP contribution is -2.14. The minimum atomic E-state index is -0.471. The van der Waals surface area contributed by atoms with Crippen molar-refractivity contribution in [2.45, 2.75) is 40.7 Å². The number of anilines is 1. The van der Waals surface area contributed by atoms with Crippen molar-refractivity contribution in [2.24, 2.45) is 5.92 Å². The van der Waals surface area contributed by atoms with Crippen molar-refractivity contribution in [3.63, 3.8) is 0 Å². The summed E-state index contributed by atoms with van der Waals surface area (Å²) in [5.41, 5.74) is 6.20. The van der Waals surface area contributed by atoms with Crippen molar-refractivity contribution in [1.82, 2.24) is 9.55 Å². The van der Waals surface area contributed by atoms with Gasteiger partial charge in [0, 0.05) is 19.6 Å². The Bertz CT molecular complexity index is 441. The number of carbonyl (C=O) groups is 1. The summed E-state index contributed by atoms with van der Waals surface area (Å²) in [6, 6.07) is 0. The maximum atomic E-state index is 11.8. The van der Waals surface area contributed by atoms with Gasteiger partial charge in [-0.1, -0.05) is 20.8 Å². The highest BCUT2D eigenvalue weighted by atomic mass is 16.5. The zero-order chi connectivity index (χ0) is 15.1. The number of nitrogen functional groups attached to an aromatic ring is 1. The van der Waals surface area contributed by atoms with Gasteiger partial charge in [-0.15, -0.1) is 0 Å². The third-order valence-electron chi connectivity index (χ3n) is 2.78. The van der Waals surface area contributed by atoms with Crippen molar-refractivity contribution < 1.29 is 14.3 Å². The van der Waals surface area contributed by atoms with Crippen LogP contribution in [0.1, 0.15) is 44.0 Å². The third kappa shape index (κ3) is 4.23. The normalized spacial score (nSPS) is 11.1. The number of nitrogens with zero attached hydrogens (tertiary/aromatic N) is 2. The van der Waals surface area contributed by atoms with E-state index in [1.165, 1.54) is 0 Å². The van der Waals surface area contributed by atoms with Crippen LogP contribution in [0.25, 0.3) is 0 Å². The van der Waals surface area contributed by atoms with Crippen LogP contribution >= 0.6 is 0 Å². The van der Waals surface area contributed by atoms with Gasteiger partial charge in [0.05, 0.1) is 13.2 Å². The largest absolute Gasteiger partial charge is 0.461 e. The molecular formula is C14H25N3O3. The molecule has 0 atom stereocenters. The molecule has 0 amide bonds. The summed E-state index contributed by atoms with van der Waals surface area (Å²) in [5.74, 6) is 1.16. The molecule has 2 N–H and O–H groups in total. The van der Waals surface area contributed by atoms with Gasteiger partial charge in [0.1, 0.15) is 11.6 Å². The summed E-state index contributed by atoms with van der Waals surface area (Å²) in [4.78, 5) is 16.0. The van der Waals surface area contributed by atoms with Crippen LogP contribution in [-0.4, -0.2) is 35.3 Å². The van der Waals surface area contributed by atoms with Crippen LogP contribution in [0.15, 0.2) is 0 Å². The van der Waals surface area contributed by atoms with Crippen molar-refractivity contribution in [3.8, 4) is 0 Å². The first kappa shape index (κ1) is 16.5. The van der Waals surface area contributed by atoms with Crippen molar-refractivity contribution >= 4 is 11.8 Å². The average molecular weight is 283 g/mol. The molecule has 0 aliphatic carbocycles. The molecule has 0 unspecified atom stereocenters. The maximum absolute atomic E-state index is 11.8. The smallest absolute Gasteiger partial charge is 0.360 e. The number of nitrogens with two attached hydrogens (primary N) is 1. The SMILES string of the molecule is CCOC(=O)c1nc(CC)n(CCOCC(C)C)c1N. The molecule has 6 nitrogen and oxygen atoms in total. The van der Waals surface area contributed by atoms with Crippen LogP contribution in [0, 0.1) is 5.92 Å². The van der Waals surface area contributed by atoms with E-state index in [0.29, 0.717) is 44.5 Å². The van der Waals surface area contributed by atoms with Gasteiger partial charge >= 0.3 is 5.97 Å². The van der Waals surface area contributed by atoms with E-state index < -0.39 is 5.97 Å². The van der Waals surface area contributed by atoms with Gasteiger partial charge in [-0.3, -0.25) is 0 Å². The minimum Gasteiger partial charge on any atom is -0.461 e. The second-order valence-electron chi connectivity index (χ2n) is 4.96. The predicted molar refractivity (Wildman–Crippen MR) is 77.6 cm³/mol. The van der Waals surface area contributed by atoms with Crippen LogP contribution in [0.5, 0.6) is 0 Å². The molecule has 0 aliphatic heterocycles. The lowest BCUT2D eigenvalue weighted by atomic mass is 10.2. The second-order valence-corrected chi connectivity index (χ2v) is 4.96. The van der Waals surface area contributed by atoms with Gasteiger partial charge in [0.2, 0.25) is 0 Å². The molecule has 1 heterocycles. The molecule has 0 bridgehead atoms. The Balaban J connectivity index is 2.76. The van der Waals surface area contributed by atoms with E-state index in [9.17, 15) is 4.79 Å². The lowest BCUT2D eigenvalue weighted by Gasteiger charge is -2.10. The molecule has 1 aromatic rings. The topological polar surface area (TPSA) is 79.4 Å². The molecule has 0 saturated carbocycles. The van der Waals surface area contributed by atoms with Gasteiger partial charge in [0.25, 0.3) is 0 Å². The summed E-state index contributed by atoms with van der Waals surface area (Å²) >= 11 is 0. The Kier molecular flexibility index (Phi) is 6.51. The van der Waals surface area contributed by atoms with Gasteiger partial charge in [0.15, 0.2) is 5.69 Å². The summed E-state index contributed by atoms with van der Waals surface area (Å²) in [6.45, 7) is 10.1. The molecule has 1 rings (SSSR count). The quantitative estimate of drug-likeness (QED) is 0.582. The number of ether oxygens (including phenoxy) is 2. The predicted octanol–water partition coefficient (Wildman–Crippen LogP) is 1.88. The summed E-state index contributed by atoms with van der Waals surface area (Å²) < 4.78 is 12.3. The van der Waals surface area contributed by atoms with E-state index >= 15 is 0 Å². The molecule has 1 aromatic heterocycles. The number of hydrogen-bond acceptors (Lipinski definition) is 5. The minimum absolute atomic E-state index is 0.201. The van der Waals surface area contributed by atoms with E-state index in [1.54, 1.807) is 6.92 Å². The fourth-order valence-corrected chi connectivity index (χ4v) is 1.86. The Morgan fingerprint density at radius 2 is 2.10 bits per heavy atom. The number of esters is 1. The Morgan fingerprint density at radius 1 is 1.40 bits per heavy atom. The van der Waals surface area contributed by atoms with Gasteiger partial charge in [-0.25, -0.2) is 9.78 Å². The molecule has 0 radical (unpaired) electrons.